The van der Waals surface area contributed by atoms with Gasteiger partial charge < -0.3 is 10.1 Å². The highest BCUT2D eigenvalue weighted by Gasteiger charge is 2.05. The Morgan fingerprint density at radius 1 is 1.47 bits per heavy atom. The number of aryl methyl sites for hydroxylation is 1. The zero-order chi connectivity index (χ0) is 11.3. The summed E-state index contributed by atoms with van der Waals surface area (Å²) in [7, 11) is 1.91. The van der Waals surface area contributed by atoms with Crippen LogP contribution in [0.1, 0.15) is 12.5 Å². The highest BCUT2D eigenvalue weighted by atomic mass is 19.1. The molecule has 1 rings (SSSR count). The minimum Gasteiger partial charge on any atom is -0.493 e. The maximum Gasteiger partial charge on any atom is 0.126 e. The summed E-state index contributed by atoms with van der Waals surface area (Å²) < 4.78 is 18.5. The number of hydrogen-bond acceptors (Lipinski definition) is 2. The summed E-state index contributed by atoms with van der Waals surface area (Å²) >= 11 is 0. The Balaban J connectivity index is 2.53. The van der Waals surface area contributed by atoms with Crippen molar-refractivity contribution in [3.8, 4) is 5.75 Å². The molecule has 1 aromatic carbocycles. The van der Waals surface area contributed by atoms with Gasteiger partial charge in [-0.3, -0.25) is 0 Å². The lowest BCUT2D eigenvalue weighted by Gasteiger charge is -2.14. The largest absolute Gasteiger partial charge is 0.493 e. The van der Waals surface area contributed by atoms with Crippen LogP contribution in [-0.4, -0.2) is 20.2 Å². The van der Waals surface area contributed by atoms with E-state index >= 15 is 0 Å². The van der Waals surface area contributed by atoms with Crippen molar-refractivity contribution in [1.29, 1.82) is 0 Å². The van der Waals surface area contributed by atoms with Crippen LogP contribution in [0, 0.1) is 18.7 Å². The zero-order valence-corrected chi connectivity index (χ0v) is 9.51. The van der Waals surface area contributed by atoms with E-state index in [4.69, 9.17) is 4.74 Å². The van der Waals surface area contributed by atoms with Gasteiger partial charge in [-0.05, 0) is 25.6 Å². The fourth-order valence-corrected chi connectivity index (χ4v) is 1.37. The molecule has 0 heterocycles. The summed E-state index contributed by atoms with van der Waals surface area (Å²) in [4.78, 5) is 0. The number of nitrogens with one attached hydrogen (secondary N) is 1. The van der Waals surface area contributed by atoms with Crippen LogP contribution >= 0.6 is 0 Å². The van der Waals surface area contributed by atoms with Gasteiger partial charge in [0.1, 0.15) is 11.6 Å². The lowest BCUT2D eigenvalue weighted by atomic mass is 10.2. The molecule has 0 saturated carbocycles. The molecule has 0 saturated heterocycles. The van der Waals surface area contributed by atoms with E-state index in [1.807, 2.05) is 14.0 Å². The Bertz CT molecular complexity index is 314. The molecule has 84 valence electrons. The molecule has 0 bridgehead atoms. The molecule has 0 aliphatic carbocycles. The van der Waals surface area contributed by atoms with E-state index in [1.165, 1.54) is 12.1 Å². The Labute approximate surface area is 90.4 Å². The van der Waals surface area contributed by atoms with Gasteiger partial charge in [-0.25, -0.2) is 4.39 Å². The van der Waals surface area contributed by atoms with E-state index in [-0.39, 0.29) is 5.82 Å². The quantitative estimate of drug-likeness (QED) is 0.807. The topological polar surface area (TPSA) is 21.3 Å². The molecule has 0 aliphatic heterocycles. The van der Waals surface area contributed by atoms with E-state index in [2.05, 4.69) is 12.2 Å². The maximum atomic E-state index is 12.9. The molecule has 2 nitrogen and oxygen atoms in total. The second-order valence-corrected chi connectivity index (χ2v) is 3.88. The van der Waals surface area contributed by atoms with Gasteiger partial charge in [-0.1, -0.05) is 13.0 Å². The molecular weight excluding hydrogens is 193 g/mol. The average Bonchev–Trinajstić information content (AvgIpc) is 2.20. The van der Waals surface area contributed by atoms with Gasteiger partial charge in [0, 0.05) is 18.5 Å². The third-order valence-electron chi connectivity index (χ3n) is 2.23. The van der Waals surface area contributed by atoms with Crippen molar-refractivity contribution in [3.63, 3.8) is 0 Å². The summed E-state index contributed by atoms with van der Waals surface area (Å²) in [5, 5.41) is 3.08. The lowest BCUT2D eigenvalue weighted by Crippen LogP contribution is -2.21. The van der Waals surface area contributed by atoms with Gasteiger partial charge in [0.05, 0.1) is 6.61 Å². The molecule has 0 aliphatic rings. The first-order valence-corrected chi connectivity index (χ1v) is 5.17. The fourth-order valence-electron chi connectivity index (χ4n) is 1.37. The van der Waals surface area contributed by atoms with E-state index in [0.29, 0.717) is 18.3 Å². The van der Waals surface area contributed by atoms with Crippen LogP contribution in [0.25, 0.3) is 0 Å². The molecule has 15 heavy (non-hydrogen) atoms. The van der Waals surface area contributed by atoms with Crippen LogP contribution in [0.3, 0.4) is 0 Å². The normalized spacial score (nSPS) is 12.5. The van der Waals surface area contributed by atoms with Crippen LogP contribution in [-0.2, 0) is 0 Å². The number of hydrogen-bond donors (Lipinski definition) is 1. The van der Waals surface area contributed by atoms with Gasteiger partial charge in [-0.2, -0.15) is 0 Å². The van der Waals surface area contributed by atoms with Crippen molar-refractivity contribution in [2.75, 3.05) is 20.2 Å². The van der Waals surface area contributed by atoms with Crippen molar-refractivity contribution in [2.45, 2.75) is 13.8 Å². The molecule has 0 amide bonds. The predicted molar refractivity (Wildman–Crippen MR) is 59.7 cm³/mol. The number of ether oxygens (including phenoxy) is 1. The molecule has 0 aromatic heterocycles. The average molecular weight is 211 g/mol. The van der Waals surface area contributed by atoms with Gasteiger partial charge >= 0.3 is 0 Å². The SMILES string of the molecule is CNCC(C)COc1cc(F)ccc1C. The summed E-state index contributed by atoms with van der Waals surface area (Å²) in [6.45, 7) is 5.50. The second-order valence-electron chi connectivity index (χ2n) is 3.88. The van der Waals surface area contributed by atoms with Crippen LogP contribution < -0.4 is 10.1 Å². The van der Waals surface area contributed by atoms with E-state index in [0.717, 1.165) is 12.1 Å². The van der Waals surface area contributed by atoms with Crippen LogP contribution in [0.5, 0.6) is 5.75 Å². The number of rotatable bonds is 5. The van der Waals surface area contributed by atoms with Crippen molar-refractivity contribution in [1.82, 2.24) is 5.32 Å². The molecule has 3 heteroatoms. The second kappa shape index (κ2) is 5.71. The van der Waals surface area contributed by atoms with Crippen LogP contribution in [0.15, 0.2) is 18.2 Å². The van der Waals surface area contributed by atoms with Crippen molar-refractivity contribution < 1.29 is 9.13 Å². The molecule has 1 aromatic rings. The molecule has 0 radical (unpaired) electrons. The standard InChI is InChI=1S/C12H18FNO/c1-9(7-14-3)8-15-12-6-11(13)5-4-10(12)2/h4-6,9,14H,7-8H2,1-3H3. The minimum absolute atomic E-state index is 0.253. The Morgan fingerprint density at radius 2 is 2.20 bits per heavy atom. The zero-order valence-electron chi connectivity index (χ0n) is 9.51. The fraction of sp³-hybridized carbons (Fsp3) is 0.500. The van der Waals surface area contributed by atoms with Gasteiger partial charge in [0.2, 0.25) is 0 Å². The van der Waals surface area contributed by atoms with E-state index in [1.54, 1.807) is 6.07 Å². The molecular formula is C12H18FNO. The monoisotopic (exact) mass is 211 g/mol. The first-order valence-electron chi connectivity index (χ1n) is 5.17. The maximum absolute atomic E-state index is 12.9. The van der Waals surface area contributed by atoms with Gasteiger partial charge in [-0.15, -0.1) is 0 Å². The van der Waals surface area contributed by atoms with Crippen molar-refractivity contribution in [3.05, 3.63) is 29.6 Å². The number of halogens is 1. The molecule has 1 N–H and O–H groups in total. The third kappa shape index (κ3) is 3.88. The minimum atomic E-state index is -0.253. The summed E-state index contributed by atoms with van der Waals surface area (Å²) in [6.07, 6.45) is 0. The summed E-state index contributed by atoms with van der Waals surface area (Å²) in [6, 6.07) is 4.61. The molecule has 1 atom stereocenters. The Hall–Kier alpha value is -1.09. The molecule has 0 spiro atoms. The lowest BCUT2D eigenvalue weighted by molar-refractivity contribution is 0.255. The first kappa shape index (κ1) is 12.0. The van der Waals surface area contributed by atoms with Crippen LogP contribution in [0.4, 0.5) is 4.39 Å². The Kier molecular flexibility index (Phi) is 4.56. The van der Waals surface area contributed by atoms with Gasteiger partial charge in [0.15, 0.2) is 0 Å². The van der Waals surface area contributed by atoms with Crippen molar-refractivity contribution in [2.24, 2.45) is 5.92 Å². The van der Waals surface area contributed by atoms with E-state index in [9.17, 15) is 4.39 Å². The smallest absolute Gasteiger partial charge is 0.126 e. The van der Waals surface area contributed by atoms with Crippen molar-refractivity contribution >= 4 is 0 Å². The van der Waals surface area contributed by atoms with Gasteiger partial charge in [0.25, 0.3) is 0 Å². The first-order chi connectivity index (χ1) is 7.13. The summed E-state index contributed by atoms with van der Waals surface area (Å²) in [5.74, 6) is 0.799. The highest BCUT2D eigenvalue weighted by molar-refractivity contribution is 5.32. The van der Waals surface area contributed by atoms with Crippen LogP contribution in [0.2, 0.25) is 0 Å². The Morgan fingerprint density at radius 3 is 2.87 bits per heavy atom. The molecule has 0 fully saturated rings. The molecule has 1 unspecified atom stereocenters. The highest BCUT2D eigenvalue weighted by Crippen LogP contribution is 2.19. The van der Waals surface area contributed by atoms with E-state index < -0.39 is 0 Å². The predicted octanol–water partition coefficient (Wildman–Crippen LogP) is 2.37. The summed E-state index contributed by atoms with van der Waals surface area (Å²) in [5.41, 5.74) is 0.966. The number of benzene rings is 1. The third-order valence-corrected chi connectivity index (χ3v) is 2.23.